The molecule has 1 unspecified atom stereocenters. The van der Waals surface area contributed by atoms with E-state index in [1.54, 1.807) is 0 Å². The Hall–Kier alpha value is -1.55. The van der Waals surface area contributed by atoms with Crippen molar-refractivity contribution in [1.82, 2.24) is 5.32 Å². The fourth-order valence-electron chi connectivity index (χ4n) is 3.03. The molecule has 4 nitrogen and oxygen atoms in total. The van der Waals surface area contributed by atoms with Crippen LogP contribution in [0, 0.1) is 17.8 Å². The number of benzene rings is 1. The van der Waals surface area contributed by atoms with Gasteiger partial charge in [-0.3, -0.25) is 4.79 Å². The number of hydrogen-bond acceptors (Lipinski definition) is 3. The van der Waals surface area contributed by atoms with Crippen LogP contribution >= 0.6 is 0 Å². The van der Waals surface area contributed by atoms with E-state index in [1.165, 1.54) is 12.8 Å². The van der Waals surface area contributed by atoms with E-state index in [4.69, 9.17) is 4.74 Å². The summed E-state index contributed by atoms with van der Waals surface area (Å²) < 4.78 is 5.80. The van der Waals surface area contributed by atoms with Crippen LogP contribution in [0.4, 0.5) is 5.69 Å². The summed E-state index contributed by atoms with van der Waals surface area (Å²) in [5, 5.41) is 6.40. The van der Waals surface area contributed by atoms with Crippen LogP contribution in [0.25, 0.3) is 0 Å². The summed E-state index contributed by atoms with van der Waals surface area (Å²) in [5.74, 6) is 2.36. The van der Waals surface area contributed by atoms with Gasteiger partial charge in [-0.05, 0) is 55.8 Å². The third-order valence-corrected chi connectivity index (χ3v) is 4.43. The van der Waals surface area contributed by atoms with Crippen molar-refractivity contribution in [2.24, 2.45) is 17.8 Å². The van der Waals surface area contributed by atoms with Gasteiger partial charge in [-0.1, -0.05) is 32.9 Å². The molecule has 1 aromatic rings. The van der Waals surface area contributed by atoms with Gasteiger partial charge in [0, 0.05) is 6.42 Å². The van der Waals surface area contributed by atoms with Crippen molar-refractivity contribution in [3.8, 4) is 5.75 Å². The summed E-state index contributed by atoms with van der Waals surface area (Å²) in [6.07, 6.45) is 2.91. The Labute approximate surface area is 140 Å². The van der Waals surface area contributed by atoms with Crippen molar-refractivity contribution in [3.63, 3.8) is 0 Å². The second-order valence-corrected chi connectivity index (χ2v) is 7.02. The number of carbonyl (C=O) groups excluding carboxylic acids is 1. The van der Waals surface area contributed by atoms with E-state index in [9.17, 15) is 4.79 Å². The summed E-state index contributed by atoms with van der Waals surface area (Å²) in [4.78, 5) is 12.4. The minimum atomic E-state index is 0.0802. The standard InChI is InChI=1S/C19H30N2O2/c1-14(2)13-23-18-7-5-4-6-17(18)21-19(22)12-15(3)16-8-10-20-11-9-16/h4-7,14-16,20H,8-13H2,1-3H3,(H,21,22). The molecule has 1 aromatic carbocycles. The molecule has 0 spiro atoms. The fourth-order valence-corrected chi connectivity index (χ4v) is 3.03. The number of para-hydroxylation sites is 2. The molecule has 0 aromatic heterocycles. The van der Waals surface area contributed by atoms with E-state index in [0.29, 0.717) is 30.8 Å². The molecule has 1 aliphatic heterocycles. The molecule has 1 saturated heterocycles. The molecule has 1 heterocycles. The first-order valence-corrected chi connectivity index (χ1v) is 8.78. The summed E-state index contributed by atoms with van der Waals surface area (Å²) in [6, 6.07) is 7.67. The highest BCUT2D eigenvalue weighted by Crippen LogP contribution is 2.27. The van der Waals surface area contributed by atoms with E-state index >= 15 is 0 Å². The lowest BCUT2D eigenvalue weighted by atomic mass is 9.84. The van der Waals surface area contributed by atoms with E-state index in [-0.39, 0.29) is 5.91 Å². The molecule has 128 valence electrons. The van der Waals surface area contributed by atoms with Crippen LogP contribution < -0.4 is 15.4 Å². The molecule has 0 aliphatic carbocycles. The highest BCUT2D eigenvalue weighted by Gasteiger charge is 2.22. The largest absolute Gasteiger partial charge is 0.491 e. The Morgan fingerprint density at radius 2 is 1.96 bits per heavy atom. The monoisotopic (exact) mass is 318 g/mol. The predicted octanol–water partition coefficient (Wildman–Crippen LogP) is 3.69. The van der Waals surface area contributed by atoms with Gasteiger partial charge in [0.2, 0.25) is 5.91 Å². The Kier molecular flexibility index (Phi) is 6.90. The molecular formula is C19H30N2O2. The fraction of sp³-hybridized carbons (Fsp3) is 0.632. The van der Waals surface area contributed by atoms with E-state index in [2.05, 4.69) is 31.4 Å². The van der Waals surface area contributed by atoms with Gasteiger partial charge in [-0.2, -0.15) is 0 Å². The summed E-state index contributed by atoms with van der Waals surface area (Å²) in [7, 11) is 0. The number of carbonyl (C=O) groups is 1. The molecule has 0 saturated carbocycles. The van der Waals surface area contributed by atoms with E-state index in [0.717, 1.165) is 24.5 Å². The normalized spacial score (nSPS) is 17.0. The third kappa shape index (κ3) is 5.87. The maximum atomic E-state index is 12.4. The first kappa shape index (κ1) is 17.8. The molecule has 2 N–H and O–H groups in total. The maximum absolute atomic E-state index is 12.4. The second-order valence-electron chi connectivity index (χ2n) is 7.02. The van der Waals surface area contributed by atoms with Crippen LogP contribution in [0.1, 0.15) is 40.0 Å². The minimum Gasteiger partial charge on any atom is -0.491 e. The first-order valence-electron chi connectivity index (χ1n) is 8.78. The molecular weight excluding hydrogens is 288 g/mol. The van der Waals surface area contributed by atoms with Crippen LogP contribution in [0.15, 0.2) is 24.3 Å². The zero-order valence-electron chi connectivity index (χ0n) is 14.6. The number of rotatable bonds is 7. The molecule has 2 rings (SSSR count). The molecule has 23 heavy (non-hydrogen) atoms. The molecule has 1 amide bonds. The quantitative estimate of drug-likeness (QED) is 0.806. The molecule has 4 heteroatoms. The minimum absolute atomic E-state index is 0.0802. The van der Waals surface area contributed by atoms with E-state index < -0.39 is 0 Å². The van der Waals surface area contributed by atoms with Crippen LogP contribution in [0.2, 0.25) is 0 Å². The van der Waals surface area contributed by atoms with Gasteiger partial charge in [0.15, 0.2) is 0 Å². The lowest BCUT2D eigenvalue weighted by Gasteiger charge is -2.28. The SMILES string of the molecule is CC(C)COc1ccccc1NC(=O)CC(C)C1CCNCC1. The zero-order valence-corrected chi connectivity index (χ0v) is 14.6. The number of amides is 1. The van der Waals surface area contributed by atoms with Gasteiger partial charge in [0.1, 0.15) is 5.75 Å². The van der Waals surface area contributed by atoms with Gasteiger partial charge < -0.3 is 15.4 Å². The Morgan fingerprint density at radius 1 is 1.26 bits per heavy atom. The molecule has 1 fully saturated rings. The highest BCUT2D eigenvalue weighted by molar-refractivity contribution is 5.92. The van der Waals surface area contributed by atoms with Crippen molar-refractivity contribution >= 4 is 11.6 Å². The molecule has 1 aliphatic rings. The smallest absolute Gasteiger partial charge is 0.224 e. The zero-order chi connectivity index (χ0) is 16.7. The number of anilines is 1. The van der Waals surface area contributed by atoms with Crippen LogP contribution in [-0.2, 0) is 4.79 Å². The topological polar surface area (TPSA) is 50.4 Å². The Bertz CT molecular complexity index is 496. The lowest BCUT2D eigenvalue weighted by molar-refractivity contribution is -0.117. The van der Waals surface area contributed by atoms with Gasteiger partial charge >= 0.3 is 0 Å². The third-order valence-electron chi connectivity index (χ3n) is 4.43. The average molecular weight is 318 g/mol. The lowest BCUT2D eigenvalue weighted by Crippen LogP contribution is -2.32. The van der Waals surface area contributed by atoms with Gasteiger partial charge in [-0.25, -0.2) is 0 Å². The molecule has 0 bridgehead atoms. The maximum Gasteiger partial charge on any atom is 0.224 e. The number of ether oxygens (including phenoxy) is 1. The number of hydrogen-bond donors (Lipinski definition) is 2. The molecule has 0 radical (unpaired) electrons. The first-order chi connectivity index (χ1) is 11.1. The summed E-state index contributed by atoms with van der Waals surface area (Å²) in [5.41, 5.74) is 0.774. The van der Waals surface area contributed by atoms with Crippen molar-refractivity contribution < 1.29 is 9.53 Å². The molecule has 1 atom stereocenters. The van der Waals surface area contributed by atoms with Crippen LogP contribution in [0.5, 0.6) is 5.75 Å². The number of piperidine rings is 1. The Balaban J connectivity index is 1.89. The van der Waals surface area contributed by atoms with Crippen molar-refractivity contribution in [2.45, 2.75) is 40.0 Å². The summed E-state index contributed by atoms with van der Waals surface area (Å²) in [6.45, 7) is 9.21. The highest BCUT2D eigenvalue weighted by atomic mass is 16.5. The van der Waals surface area contributed by atoms with Crippen LogP contribution in [0.3, 0.4) is 0 Å². The second kappa shape index (κ2) is 8.92. The van der Waals surface area contributed by atoms with Gasteiger partial charge in [0.25, 0.3) is 0 Å². The average Bonchev–Trinajstić information content (AvgIpc) is 2.54. The van der Waals surface area contributed by atoms with Crippen molar-refractivity contribution in [1.29, 1.82) is 0 Å². The van der Waals surface area contributed by atoms with Crippen LogP contribution in [-0.4, -0.2) is 25.6 Å². The van der Waals surface area contributed by atoms with Gasteiger partial charge in [0.05, 0.1) is 12.3 Å². The number of nitrogens with one attached hydrogen (secondary N) is 2. The van der Waals surface area contributed by atoms with Gasteiger partial charge in [-0.15, -0.1) is 0 Å². The van der Waals surface area contributed by atoms with Crippen molar-refractivity contribution in [2.75, 3.05) is 25.0 Å². The van der Waals surface area contributed by atoms with E-state index in [1.807, 2.05) is 24.3 Å². The van der Waals surface area contributed by atoms with Crippen molar-refractivity contribution in [3.05, 3.63) is 24.3 Å². The summed E-state index contributed by atoms with van der Waals surface area (Å²) >= 11 is 0. The Morgan fingerprint density at radius 3 is 2.65 bits per heavy atom. The predicted molar refractivity (Wildman–Crippen MR) is 94.8 cm³/mol.